The van der Waals surface area contributed by atoms with Crippen LogP contribution >= 0.6 is 11.6 Å². The highest BCUT2D eigenvalue weighted by atomic mass is 35.5. The summed E-state index contributed by atoms with van der Waals surface area (Å²) in [7, 11) is 0. The van der Waals surface area contributed by atoms with E-state index >= 15 is 0 Å². The van der Waals surface area contributed by atoms with Crippen molar-refractivity contribution in [2.45, 2.75) is 32.2 Å². The van der Waals surface area contributed by atoms with Crippen LogP contribution in [0.5, 0.6) is 0 Å². The van der Waals surface area contributed by atoms with E-state index in [9.17, 15) is 4.39 Å². The maximum Gasteiger partial charge on any atom is 0.149 e. The maximum atomic E-state index is 13.2. The van der Waals surface area contributed by atoms with Crippen molar-refractivity contribution in [3.63, 3.8) is 0 Å². The SMILES string of the molecule is C=C1N=C(Cl)/C=N\NC[C@]1(C)c1nc(C)cc(N[C@@H](C)c2ccc(F)cc2)n1. The first-order valence-corrected chi connectivity index (χ1v) is 9.23. The van der Waals surface area contributed by atoms with Gasteiger partial charge in [-0.1, -0.05) is 30.3 Å². The summed E-state index contributed by atoms with van der Waals surface area (Å²) in [4.78, 5) is 13.6. The molecule has 0 amide bonds. The topological polar surface area (TPSA) is 74.6 Å². The molecule has 146 valence electrons. The van der Waals surface area contributed by atoms with E-state index in [0.29, 0.717) is 23.9 Å². The fourth-order valence-corrected chi connectivity index (χ4v) is 2.99. The van der Waals surface area contributed by atoms with Crippen molar-refractivity contribution in [1.82, 2.24) is 15.4 Å². The van der Waals surface area contributed by atoms with Crippen LogP contribution in [0.4, 0.5) is 10.2 Å². The molecule has 6 nitrogen and oxygen atoms in total. The minimum atomic E-state index is -0.695. The molecule has 2 N–H and O–H groups in total. The van der Waals surface area contributed by atoms with Crippen molar-refractivity contribution < 1.29 is 4.39 Å². The molecule has 0 unspecified atom stereocenters. The van der Waals surface area contributed by atoms with Gasteiger partial charge in [-0.15, -0.1) is 0 Å². The van der Waals surface area contributed by atoms with Crippen LogP contribution in [-0.2, 0) is 5.41 Å². The van der Waals surface area contributed by atoms with Crippen LogP contribution in [0.3, 0.4) is 0 Å². The van der Waals surface area contributed by atoms with Gasteiger partial charge in [0.15, 0.2) is 0 Å². The lowest BCUT2D eigenvalue weighted by Crippen LogP contribution is -2.38. The molecule has 0 saturated heterocycles. The van der Waals surface area contributed by atoms with Crippen molar-refractivity contribution >= 4 is 28.8 Å². The van der Waals surface area contributed by atoms with Gasteiger partial charge in [0.2, 0.25) is 0 Å². The fourth-order valence-electron chi connectivity index (χ4n) is 2.84. The number of rotatable bonds is 4. The van der Waals surface area contributed by atoms with E-state index in [1.807, 2.05) is 26.8 Å². The van der Waals surface area contributed by atoms with Crippen molar-refractivity contribution in [1.29, 1.82) is 0 Å². The molecule has 8 heteroatoms. The summed E-state index contributed by atoms with van der Waals surface area (Å²) in [5, 5.41) is 7.61. The molecule has 1 aromatic heterocycles. The van der Waals surface area contributed by atoms with Gasteiger partial charge in [0.05, 0.1) is 23.9 Å². The second-order valence-corrected chi connectivity index (χ2v) is 7.33. The molecule has 0 saturated carbocycles. The summed E-state index contributed by atoms with van der Waals surface area (Å²) in [5.74, 6) is 0.958. The van der Waals surface area contributed by atoms with Crippen molar-refractivity contribution in [2.75, 3.05) is 11.9 Å². The van der Waals surface area contributed by atoms with Gasteiger partial charge < -0.3 is 10.7 Å². The molecule has 0 aliphatic carbocycles. The third-order valence-electron chi connectivity index (χ3n) is 4.66. The lowest BCUT2D eigenvalue weighted by atomic mass is 9.86. The average Bonchev–Trinajstić information content (AvgIpc) is 2.64. The molecular formula is C20H22ClFN6. The summed E-state index contributed by atoms with van der Waals surface area (Å²) >= 11 is 6.03. The highest BCUT2D eigenvalue weighted by molar-refractivity contribution is 6.80. The van der Waals surface area contributed by atoms with Gasteiger partial charge in [-0.2, -0.15) is 5.10 Å². The largest absolute Gasteiger partial charge is 0.363 e. The minimum absolute atomic E-state index is 0.0636. The Hall–Kier alpha value is -2.80. The first-order chi connectivity index (χ1) is 13.3. The molecule has 2 heterocycles. The molecule has 1 aromatic carbocycles. The van der Waals surface area contributed by atoms with Crippen LogP contribution in [0.2, 0.25) is 0 Å². The van der Waals surface area contributed by atoms with E-state index in [0.717, 1.165) is 11.3 Å². The minimum Gasteiger partial charge on any atom is -0.363 e. The number of benzene rings is 1. The number of aryl methyl sites for hydroxylation is 1. The van der Waals surface area contributed by atoms with Gasteiger partial charge in [0.25, 0.3) is 0 Å². The third-order valence-corrected chi connectivity index (χ3v) is 4.84. The molecule has 1 aliphatic heterocycles. The summed E-state index contributed by atoms with van der Waals surface area (Å²) in [6.45, 7) is 10.3. The standard InChI is InChI=1S/C20H22ClFN6/c1-12-9-18(26-13(2)15-5-7-16(22)8-6-15)28-19(25-12)20(4)11-24-23-10-17(21)27-14(20)3/h5-10,13,24H,3,11H2,1-2,4H3,(H,25,26,28)/b23-10-,27-17?/t13-,20-/m0/s1. The van der Waals surface area contributed by atoms with Gasteiger partial charge in [-0.3, -0.25) is 0 Å². The lowest BCUT2D eigenvalue weighted by molar-refractivity contribution is 0.473. The zero-order valence-corrected chi connectivity index (χ0v) is 16.8. The number of nitrogens with one attached hydrogen (secondary N) is 2. The monoisotopic (exact) mass is 400 g/mol. The third kappa shape index (κ3) is 4.36. The first kappa shape index (κ1) is 19.9. The fraction of sp³-hybridized carbons (Fsp3) is 0.300. The highest BCUT2D eigenvalue weighted by Gasteiger charge is 2.35. The number of halogens is 2. The number of nitrogens with zero attached hydrogens (tertiary/aromatic N) is 4. The quantitative estimate of drug-likeness (QED) is 0.810. The Morgan fingerprint density at radius 2 is 2.00 bits per heavy atom. The summed E-state index contributed by atoms with van der Waals surface area (Å²) in [6.07, 6.45) is 1.43. The predicted octanol–water partition coefficient (Wildman–Crippen LogP) is 4.09. The predicted molar refractivity (Wildman–Crippen MR) is 111 cm³/mol. The number of anilines is 1. The molecule has 0 radical (unpaired) electrons. The maximum absolute atomic E-state index is 13.2. The molecule has 0 fully saturated rings. The highest BCUT2D eigenvalue weighted by Crippen LogP contribution is 2.31. The molecule has 1 aliphatic rings. The van der Waals surface area contributed by atoms with Gasteiger partial charge >= 0.3 is 0 Å². The molecular weight excluding hydrogens is 379 g/mol. The van der Waals surface area contributed by atoms with Gasteiger partial charge in [-0.25, -0.2) is 19.4 Å². The Labute approximate surface area is 168 Å². The smallest absolute Gasteiger partial charge is 0.149 e. The zero-order chi connectivity index (χ0) is 20.3. The zero-order valence-electron chi connectivity index (χ0n) is 16.0. The van der Waals surface area contributed by atoms with Crippen molar-refractivity contribution in [3.05, 3.63) is 65.5 Å². The van der Waals surface area contributed by atoms with Crippen LogP contribution in [-0.4, -0.2) is 27.9 Å². The van der Waals surface area contributed by atoms with Crippen LogP contribution in [0.25, 0.3) is 0 Å². The van der Waals surface area contributed by atoms with E-state index in [-0.39, 0.29) is 17.0 Å². The van der Waals surface area contributed by atoms with Gasteiger partial charge in [-0.05, 0) is 38.5 Å². The average molecular weight is 401 g/mol. The number of hydrogen-bond acceptors (Lipinski definition) is 6. The number of hydrazone groups is 1. The number of aliphatic imine (C=N–C) groups is 1. The van der Waals surface area contributed by atoms with E-state index in [1.165, 1.54) is 18.3 Å². The van der Waals surface area contributed by atoms with Crippen LogP contribution in [0, 0.1) is 12.7 Å². The Balaban J connectivity index is 1.91. The second-order valence-electron chi connectivity index (χ2n) is 6.94. The Bertz CT molecular complexity index is 940. The molecule has 2 atom stereocenters. The first-order valence-electron chi connectivity index (χ1n) is 8.85. The van der Waals surface area contributed by atoms with Crippen molar-refractivity contribution in [2.24, 2.45) is 10.1 Å². The summed E-state index contributed by atoms with van der Waals surface area (Å²) in [6, 6.07) is 8.18. The molecule has 3 rings (SSSR count). The van der Waals surface area contributed by atoms with E-state index in [4.69, 9.17) is 16.6 Å². The Morgan fingerprint density at radius 3 is 2.71 bits per heavy atom. The second kappa shape index (κ2) is 8.06. The van der Waals surface area contributed by atoms with Gasteiger partial charge in [0.1, 0.15) is 22.6 Å². The molecule has 28 heavy (non-hydrogen) atoms. The Kier molecular flexibility index (Phi) is 5.74. The number of aromatic nitrogens is 2. The molecule has 2 aromatic rings. The van der Waals surface area contributed by atoms with Gasteiger partial charge in [0, 0.05) is 17.8 Å². The van der Waals surface area contributed by atoms with Crippen LogP contribution in [0.1, 0.15) is 37.0 Å². The van der Waals surface area contributed by atoms with E-state index in [1.54, 1.807) is 12.1 Å². The van der Waals surface area contributed by atoms with Crippen LogP contribution in [0.15, 0.2) is 52.7 Å². The molecule has 0 bridgehead atoms. The van der Waals surface area contributed by atoms with E-state index < -0.39 is 5.41 Å². The lowest BCUT2D eigenvalue weighted by Gasteiger charge is -2.29. The normalized spacial score (nSPS) is 21.8. The van der Waals surface area contributed by atoms with E-state index in [2.05, 4.69) is 32.4 Å². The van der Waals surface area contributed by atoms with Crippen LogP contribution < -0.4 is 10.7 Å². The Morgan fingerprint density at radius 1 is 1.29 bits per heavy atom. The summed E-state index contributed by atoms with van der Waals surface area (Å²) in [5.41, 5.74) is 4.55. The van der Waals surface area contributed by atoms with Crippen molar-refractivity contribution in [3.8, 4) is 0 Å². The molecule has 0 spiro atoms. The summed E-state index contributed by atoms with van der Waals surface area (Å²) < 4.78 is 13.2. The number of hydrogen-bond donors (Lipinski definition) is 2.